The first-order chi connectivity index (χ1) is 14.7. The van der Waals surface area contributed by atoms with Gasteiger partial charge in [-0.2, -0.15) is 18.2 Å². The molecule has 0 saturated heterocycles. The predicted octanol–water partition coefficient (Wildman–Crippen LogP) is 2.44. The molecule has 1 aromatic heterocycles. The van der Waals surface area contributed by atoms with E-state index in [1.54, 1.807) is 0 Å². The van der Waals surface area contributed by atoms with Gasteiger partial charge in [0.15, 0.2) is 0 Å². The summed E-state index contributed by atoms with van der Waals surface area (Å²) in [6.07, 6.45) is -4.56. The van der Waals surface area contributed by atoms with Crippen molar-refractivity contribution in [2.75, 3.05) is 12.3 Å². The maximum atomic E-state index is 13.3. The minimum absolute atomic E-state index is 0.226. The molecule has 0 amide bonds. The number of ether oxygens (including phenoxy) is 1. The Bertz CT molecular complexity index is 1070. The standard InChI is InChI=1S/C17H19F3N4O4S/c1-21-29(26,27)11-7-5-10(6-8-11)23-16-22-9-12(17(18,19)20)15(24-16)28-14-4-2-3-13(14)25/h5-9,13-14,21,25H,2-4H2,1H3,(H,22,23,24)/t13-,14+/m0/s1/i1D3. The van der Waals surface area contributed by atoms with Crippen molar-refractivity contribution in [2.24, 2.45) is 0 Å². The van der Waals surface area contributed by atoms with E-state index in [4.69, 9.17) is 8.85 Å². The summed E-state index contributed by atoms with van der Waals surface area (Å²) in [6, 6.07) is 4.73. The van der Waals surface area contributed by atoms with Crippen LogP contribution in [0, 0.1) is 0 Å². The third kappa shape index (κ3) is 4.95. The van der Waals surface area contributed by atoms with E-state index in [1.807, 2.05) is 0 Å². The van der Waals surface area contributed by atoms with Gasteiger partial charge in [-0.05, 0) is 50.5 Å². The lowest BCUT2D eigenvalue weighted by Crippen LogP contribution is -2.27. The fourth-order valence-electron chi connectivity index (χ4n) is 2.80. The van der Waals surface area contributed by atoms with E-state index in [0.717, 1.165) is 12.1 Å². The van der Waals surface area contributed by atoms with E-state index in [9.17, 15) is 26.7 Å². The normalized spacial score (nSPS) is 21.9. The van der Waals surface area contributed by atoms with Crippen LogP contribution in [0.1, 0.15) is 28.9 Å². The second kappa shape index (κ2) is 8.13. The molecule has 3 N–H and O–H groups in total. The van der Waals surface area contributed by atoms with Gasteiger partial charge < -0.3 is 15.2 Å². The Morgan fingerprint density at radius 2 is 2.00 bits per heavy atom. The summed E-state index contributed by atoms with van der Waals surface area (Å²) in [5, 5.41) is 12.5. The number of rotatable bonds is 6. The maximum absolute atomic E-state index is 13.3. The number of benzene rings is 1. The summed E-state index contributed by atoms with van der Waals surface area (Å²) < 4.78 is 91.9. The molecular weight excluding hydrogens is 413 g/mol. The first-order valence-electron chi connectivity index (χ1n) is 9.95. The second-order valence-electron chi connectivity index (χ2n) is 6.32. The number of anilines is 2. The monoisotopic (exact) mass is 435 g/mol. The summed E-state index contributed by atoms with van der Waals surface area (Å²) in [5.41, 5.74) is -0.969. The van der Waals surface area contributed by atoms with Crippen molar-refractivity contribution >= 4 is 21.7 Å². The van der Waals surface area contributed by atoms with Gasteiger partial charge in [-0.1, -0.05) is 0 Å². The van der Waals surface area contributed by atoms with Crippen LogP contribution < -0.4 is 14.8 Å². The molecule has 1 heterocycles. The Hall–Kier alpha value is -2.44. The van der Waals surface area contributed by atoms with Gasteiger partial charge in [0.25, 0.3) is 0 Å². The molecule has 1 aliphatic rings. The number of halogens is 3. The third-order valence-electron chi connectivity index (χ3n) is 4.30. The zero-order chi connectivity index (χ0) is 23.7. The summed E-state index contributed by atoms with van der Waals surface area (Å²) in [4.78, 5) is 7.07. The second-order valence-corrected chi connectivity index (χ2v) is 8.00. The van der Waals surface area contributed by atoms with Crippen molar-refractivity contribution < 1.29 is 35.5 Å². The van der Waals surface area contributed by atoms with Crippen LogP contribution in [-0.4, -0.2) is 42.7 Å². The molecule has 0 bridgehead atoms. The fourth-order valence-corrected chi connectivity index (χ4v) is 3.42. The average Bonchev–Trinajstić information content (AvgIpc) is 3.04. The Kier molecular flexibility index (Phi) is 4.88. The minimum Gasteiger partial charge on any atom is -0.471 e. The molecule has 2 atom stereocenters. The quantitative estimate of drug-likeness (QED) is 0.639. The van der Waals surface area contributed by atoms with Crippen molar-refractivity contribution in [1.29, 1.82) is 0 Å². The molecule has 158 valence electrons. The fraction of sp³-hybridized carbons (Fsp3) is 0.412. The zero-order valence-electron chi connectivity index (χ0n) is 17.8. The average molecular weight is 435 g/mol. The highest BCUT2D eigenvalue weighted by molar-refractivity contribution is 7.89. The molecule has 0 spiro atoms. The van der Waals surface area contributed by atoms with Gasteiger partial charge in [0, 0.05) is 16.0 Å². The van der Waals surface area contributed by atoms with Gasteiger partial charge >= 0.3 is 6.18 Å². The first kappa shape index (κ1) is 17.4. The highest BCUT2D eigenvalue weighted by Gasteiger charge is 2.38. The number of aliphatic hydroxyl groups is 1. The topological polar surface area (TPSA) is 113 Å². The van der Waals surface area contributed by atoms with Crippen molar-refractivity contribution in [3.8, 4) is 5.88 Å². The number of aliphatic hydroxyl groups excluding tert-OH is 1. The van der Waals surface area contributed by atoms with Gasteiger partial charge in [-0.15, -0.1) is 0 Å². The van der Waals surface area contributed by atoms with Gasteiger partial charge in [-0.25, -0.2) is 18.1 Å². The third-order valence-corrected chi connectivity index (χ3v) is 5.46. The molecule has 2 aromatic rings. The van der Waals surface area contributed by atoms with E-state index in [-0.39, 0.29) is 16.5 Å². The molecule has 1 saturated carbocycles. The molecule has 0 unspecified atom stereocenters. The van der Waals surface area contributed by atoms with E-state index < -0.39 is 46.8 Å². The largest absolute Gasteiger partial charge is 0.471 e. The van der Waals surface area contributed by atoms with E-state index in [1.165, 1.54) is 16.9 Å². The van der Waals surface area contributed by atoms with E-state index in [0.29, 0.717) is 25.5 Å². The van der Waals surface area contributed by atoms with E-state index >= 15 is 0 Å². The van der Waals surface area contributed by atoms with Crippen LogP contribution in [0.15, 0.2) is 35.4 Å². The predicted molar refractivity (Wildman–Crippen MR) is 97.3 cm³/mol. The van der Waals surface area contributed by atoms with Gasteiger partial charge in [0.1, 0.15) is 11.7 Å². The van der Waals surface area contributed by atoms with Crippen LogP contribution >= 0.6 is 0 Å². The molecule has 29 heavy (non-hydrogen) atoms. The highest BCUT2D eigenvalue weighted by atomic mass is 32.2. The summed E-state index contributed by atoms with van der Waals surface area (Å²) in [5.74, 6) is -0.987. The lowest BCUT2D eigenvalue weighted by Gasteiger charge is -2.19. The SMILES string of the molecule is [2H]C([2H])([2H])NS(=O)(=O)c1ccc(Nc2ncc(C(F)(F)F)c(O[C@@H]3CCC[C@@H]3O)n2)cc1. The first-order valence-corrected chi connectivity index (χ1v) is 9.93. The number of hydrogen-bond donors (Lipinski definition) is 3. The Morgan fingerprint density at radius 3 is 2.59 bits per heavy atom. The summed E-state index contributed by atoms with van der Waals surface area (Å²) >= 11 is 0. The van der Waals surface area contributed by atoms with Gasteiger partial charge in [0.2, 0.25) is 21.9 Å². The van der Waals surface area contributed by atoms with Gasteiger partial charge in [-0.3, -0.25) is 0 Å². The number of nitrogens with one attached hydrogen (secondary N) is 2. The van der Waals surface area contributed by atoms with Crippen molar-refractivity contribution in [1.82, 2.24) is 14.7 Å². The molecule has 0 aliphatic heterocycles. The van der Waals surface area contributed by atoms with Crippen LogP contribution in [0.3, 0.4) is 0 Å². The molecule has 1 aliphatic carbocycles. The minimum atomic E-state index is -4.77. The number of aromatic nitrogens is 2. The molecule has 0 radical (unpaired) electrons. The van der Waals surface area contributed by atoms with Crippen molar-refractivity contribution in [3.63, 3.8) is 0 Å². The van der Waals surface area contributed by atoms with Crippen LogP contribution in [0.4, 0.5) is 24.8 Å². The number of nitrogens with zero attached hydrogens (tertiary/aromatic N) is 2. The van der Waals surface area contributed by atoms with Crippen LogP contribution in [0.2, 0.25) is 0 Å². The number of sulfonamides is 1. The lowest BCUT2D eigenvalue weighted by atomic mass is 10.2. The summed E-state index contributed by atoms with van der Waals surface area (Å²) in [7, 11) is -4.30. The highest BCUT2D eigenvalue weighted by Crippen LogP contribution is 2.37. The van der Waals surface area contributed by atoms with Crippen LogP contribution in [-0.2, 0) is 16.2 Å². The maximum Gasteiger partial charge on any atom is 0.423 e. The van der Waals surface area contributed by atoms with Crippen molar-refractivity contribution in [3.05, 3.63) is 36.0 Å². The Balaban J connectivity index is 1.82. The Labute approximate surface area is 169 Å². The van der Waals surface area contributed by atoms with Crippen LogP contribution in [0.25, 0.3) is 0 Å². The molecule has 12 heteroatoms. The molecule has 3 rings (SSSR count). The smallest absolute Gasteiger partial charge is 0.423 e. The number of hydrogen-bond acceptors (Lipinski definition) is 7. The van der Waals surface area contributed by atoms with Crippen molar-refractivity contribution in [2.45, 2.75) is 42.5 Å². The Morgan fingerprint density at radius 1 is 1.28 bits per heavy atom. The lowest BCUT2D eigenvalue weighted by molar-refractivity contribution is -0.140. The zero-order valence-corrected chi connectivity index (χ0v) is 15.6. The van der Waals surface area contributed by atoms with E-state index in [2.05, 4.69) is 15.3 Å². The van der Waals surface area contributed by atoms with Gasteiger partial charge in [0.05, 0.1) is 11.0 Å². The molecule has 8 nitrogen and oxygen atoms in total. The molecule has 1 fully saturated rings. The summed E-state index contributed by atoms with van der Waals surface area (Å²) in [6.45, 7) is -2.91. The number of alkyl halides is 3. The molecular formula is C17H19F3N4O4S. The van der Waals surface area contributed by atoms with Crippen LogP contribution in [0.5, 0.6) is 5.88 Å². The molecule has 1 aromatic carbocycles.